The lowest BCUT2D eigenvalue weighted by Gasteiger charge is -1.98. The van der Waals surface area contributed by atoms with E-state index >= 15 is 0 Å². The van der Waals surface area contributed by atoms with Gasteiger partial charge in [0.1, 0.15) is 0 Å². The van der Waals surface area contributed by atoms with Gasteiger partial charge in [0.15, 0.2) is 0 Å². The second kappa shape index (κ2) is 3.98. The normalized spacial score (nSPS) is 10.6. The number of halogens is 3. The average molecular weight is 262 g/mol. The Morgan fingerprint density at radius 3 is 2.50 bits per heavy atom. The van der Waals surface area contributed by atoms with Crippen LogP contribution in [0.5, 0.6) is 0 Å². The lowest BCUT2D eigenvalue weighted by Crippen LogP contribution is -2.35. The lowest BCUT2D eigenvalue weighted by molar-refractivity contribution is -0.673. The summed E-state index contributed by atoms with van der Waals surface area (Å²) in [4.78, 5) is 19.7. The third kappa shape index (κ3) is 1.73. The van der Waals surface area contributed by atoms with Crippen LogP contribution in [0.15, 0.2) is 21.6 Å². The molecule has 0 bridgehead atoms. The van der Waals surface area contributed by atoms with Crippen LogP contribution < -0.4 is 10.3 Å². The van der Waals surface area contributed by atoms with Crippen LogP contribution in [0.1, 0.15) is 0 Å². The van der Waals surface area contributed by atoms with Crippen molar-refractivity contribution >= 4 is 5.69 Å². The van der Waals surface area contributed by atoms with Crippen LogP contribution in [0.3, 0.4) is 0 Å². The Bertz CT molecular complexity index is 693. The van der Waals surface area contributed by atoms with Crippen molar-refractivity contribution in [3.05, 3.63) is 50.2 Å². The number of aromatic amines is 1. The van der Waals surface area contributed by atoms with Gasteiger partial charge in [0.25, 0.3) is 6.20 Å². The van der Waals surface area contributed by atoms with Gasteiger partial charge in [-0.25, -0.2) is 4.79 Å². The predicted molar refractivity (Wildman–Crippen MR) is 47.4 cm³/mol. The third-order valence-electron chi connectivity index (χ3n) is 2.03. The van der Waals surface area contributed by atoms with Gasteiger partial charge < -0.3 is 0 Å². The molecule has 7 nitrogen and oxygen atoms in total. The maximum atomic E-state index is 13.5. The molecule has 2 rings (SSSR count). The van der Waals surface area contributed by atoms with E-state index in [9.17, 15) is 28.1 Å². The highest BCUT2D eigenvalue weighted by Gasteiger charge is 2.32. The van der Waals surface area contributed by atoms with Crippen LogP contribution in [-0.2, 0) is 0 Å². The van der Waals surface area contributed by atoms with Gasteiger partial charge in [-0.15, -0.1) is 0 Å². The molecule has 0 saturated carbocycles. The van der Waals surface area contributed by atoms with Gasteiger partial charge in [0.2, 0.25) is 17.5 Å². The largest absolute Gasteiger partial charge is 0.427 e. The summed E-state index contributed by atoms with van der Waals surface area (Å²) in [5.41, 5.74) is -3.34. The average Bonchev–Trinajstić information content (AvgIpc) is 2.70. The van der Waals surface area contributed by atoms with E-state index in [1.54, 1.807) is 5.27 Å². The van der Waals surface area contributed by atoms with Crippen molar-refractivity contribution in [1.29, 1.82) is 0 Å². The maximum Gasteiger partial charge on any atom is 0.427 e. The number of hydrogen-bond acceptors (Lipinski definition) is 4. The van der Waals surface area contributed by atoms with Crippen molar-refractivity contribution < 1.29 is 27.3 Å². The van der Waals surface area contributed by atoms with Gasteiger partial charge >= 0.3 is 17.0 Å². The van der Waals surface area contributed by atoms with Crippen molar-refractivity contribution in [3.8, 4) is 5.69 Å². The number of benzene rings is 1. The van der Waals surface area contributed by atoms with E-state index in [1.807, 2.05) is 0 Å². The van der Waals surface area contributed by atoms with Crippen molar-refractivity contribution in [2.45, 2.75) is 0 Å². The summed E-state index contributed by atoms with van der Waals surface area (Å²) in [6.45, 7) is 0. The molecule has 0 amide bonds. The van der Waals surface area contributed by atoms with Gasteiger partial charge in [-0.05, 0) is 9.95 Å². The minimum absolute atomic E-state index is 0.200. The highest BCUT2D eigenvalue weighted by atomic mass is 19.2. The first-order chi connectivity index (χ1) is 8.41. The first-order valence-corrected chi connectivity index (χ1v) is 4.34. The summed E-state index contributed by atoms with van der Waals surface area (Å²) in [5.74, 6) is -5.09. The van der Waals surface area contributed by atoms with Gasteiger partial charge in [-0.2, -0.15) is 13.2 Å². The number of nitro groups is 1. The quantitative estimate of drug-likeness (QED) is 0.370. The second-order valence-corrected chi connectivity index (χ2v) is 3.12. The number of aromatic nitrogens is 2. The summed E-state index contributed by atoms with van der Waals surface area (Å²) in [7, 11) is 0. The number of nitrogens with one attached hydrogen (secondary N) is 1. The molecule has 0 aliphatic carbocycles. The zero-order valence-corrected chi connectivity index (χ0v) is 8.32. The number of nitro benzene ring substituents is 1. The summed E-state index contributed by atoms with van der Waals surface area (Å²) in [6.07, 6.45) is 0.604. The number of rotatable bonds is 2. The fourth-order valence-electron chi connectivity index (χ4n) is 1.29. The Kier molecular flexibility index (Phi) is 2.61. The second-order valence-electron chi connectivity index (χ2n) is 3.12. The molecule has 18 heavy (non-hydrogen) atoms. The Morgan fingerprint density at radius 1 is 1.33 bits per heavy atom. The highest BCUT2D eigenvalue weighted by molar-refractivity contribution is 5.40. The van der Waals surface area contributed by atoms with Gasteiger partial charge in [-0.1, -0.05) is 0 Å². The predicted octanol–water partition coefficient (Wildman–Crippen LogP) is 0.570. The molecule has 0 aliphatic rings. The lowest BCUT2D eigenvalue weighted by atomic mass is 10.2. The SMILES string of the molecule is O=c1c[n+](-c2c(F)cc([N+](=O)[O-])c(F)c2F)[nH]o1. The number of hydrogen-bond donors (Lipinski definition) is 1. The standard InChI is InChI=1S/C8H2F3N3O4/c9-3-1-4(14(16)17)6(10)7(11)8(3)13-2-5(15)18-12-13/h1-2H/p+1. The molecule has 0 saturated heterocycles. The van der Waals surface area contributed by atoms with E-state index in [0.717, 1.165) is 0 Å². The van der Waals surface area contributed by atoms with E-state index in [0.29, 0.717) is 10.9 Å². The van der Waals surface area contributed by atoms with E-state index < -0.39 is 39.4 Å². The third-order valence-corrected chi connectivity index (χ3v) is 2.03. The molecule has 1 N–H and O–H groups in total. The molecule has 0 atom stereocenters. The minimum atomic E-state index is -1.84. The molecular formula is C8H3F3N3O4+. The summed E-state index contributed by atoms with van der Waals surface area (Å²) >= 11 is 0. The van der Waals surface area contributed by atoms with Crippen LogP contribution in [0.4, 0.5) is 18.9 Å². The van der Waals surface area contributed by atoms with E-state index in [1.165, 1.54) is 0 Å². The van der Waals surface area contributed by atoms with Crippen LogP contribution in [0, 0.1) is 27.6 Å². The number of H-pyrrole nitrogens is 1. The van der Waals surface area contributed by atoms with Crippen molar-refractivity contribution in [2.75, 3.05) is 0 Å². The molecule has 10 heteroatoms. The van der Waals surface area contributed by atoms with Crippen LogP contribution in [0.25, 0.3) is 5.69 Å². The molecule has 0 fully saturated rings. The molecule has 0 spiro atoms. The molecule has 94 valence electrons. The molecule has 0 radical (unpaired) electrons. The van der Waals surface area contributed by atoms with Crippen LogP contribution in [-0.4, -0.2) is 10.2 Å². The van der Waals surface area contributed by atoms with Gasteiger partial charge in [0, 0.05) is 0 Å². The monoisotopic (exact) mass is 262 g/mol. The summed E-state index contributed by atoms with van der Waals surface area (Å²) in [5, 5.41) is 12.1. The molecule has 0 unspecified atom stereocenters. The van der Waals surface area contributed by atoms with Gasteiger partial charge in [0.05, 0.1) is 11.0 Å². The maximum absolute atomic E-state index is 13.5. The van der Waals surface area contributed by atoms with Gasteiger partial charge in [-0.3, -0.25) is 14.6 Å². The first-order valence-electron chi connectivity index (χ1n) is 4.34. The molecule has 0 aliphatic heterocycles. The molecule has 1 aromatic heterocycles. The minimum Gasteiger partial charge on any atom is -0.283 e. The molecule has 1 aromatic carbocycles. The molecular weight excluding hydrogens is 259 g/mol. The number of nitrogens with zero attached hydrogens (tertiary/aromatic N) is 2. The van der Waals surface area contributed by atoms with E-state index in [2.05, 4.69) is 4.52 Å². The van der Waals surface area contributed by atoms with Crippen molar-refractivity contribution in [3.63, 3.8) is 0 Å². The summed E-state index contributed by atoms with van der Waals surface area (Å²) < 4.78 is 44.8. The fourth-order valence-corrected chi connectivity index (χ4v) is 1.29. The Morgan fingerprint density at radius 2 is 2.00 bits per heavy atom. The Hall–Kier alpha value is -2.65. The Balaban J connectivity index is 2.74. The summed E-state index contributed by atoms with van der Waals surface area (Å²) in [6, 6.07) is 0.200. The topological polar surface area (TPSA) is 93.0 Å². The van der Waals surface area contributed by atoms with E-state index in [-0.39, 0.29) is 6.07 Å². The smallest absolute Gasteiger partial charge is 0.283 e. The van der Waals surface area contributed by atoms with Crippen molar-refractivity contribution in [1.82, 2.24) is 5.27 Å². The zero-order chi connectivity index (χ0) is 13.4. The van der Waals surface area contributed by atoms with E-state index in [4.69, 9.17) is 0 Å². The fraction of sp³-hybridized carbons (Fsp3) is 0. The highest BCUT2D eigenvalue weighted by Crippen LogP contribution is 2.25. The first kappa shape index (κ1) is 11.8. The van der Waals surface area contributed by atoms with Crippen molar-refractivity contribution in [2.24, 2.45) is 0 Å². The molecule has 2 aromatic rings. The zero-order valence-electron chi connectivity index (χ0n) is 8.32. The van der Waals surface area contributed by atoms with Crippen LogP contribution in [0.2, 0.25) is 0 Å². The molecule has 1 heterocycles. The Labute approximate surface area is 95.2 Å². The van der Waals surface area contributed by atoms with Crippen LogP contribution >= 0.6 is 0 Å².